The third-order valence-corrected chi connectivity index (χ3v) is 2.84. The molecule has 0 spiro atoms. The zero-order valence-corrected chi connectivity index (χ0v) is 8.91. The first kappa shape index (κ1) is 10.2. The third-order valence-electron chi connectivity index (χ3n) is 2.84. The quantitative estimate of drug-likeness (QED) is 0.372. The highest BCUT2D eigenvalue weighted by atomic mass is 16.6. The van der Waals surface area contributed by atoms with Crippen molar-refractivity contribution < 1.29 is 19.1 Å². The molecule has 0 aromatic rings. The number of Topliss-reactive ketones (excluding diaryl/α,β-unsaturated/α-hetero) is 1. The maximum atomic E-state index is 11.6. The molecule has 2 rings (SSSR count). The fourth-order valence-electron chi connectivity index (χ4n) is 1.91. The van der Waals surface area contributed by atoms with Crippen LogP contribution in [-0.4, -0.2) is 24.0 Å². The molecule has 0 saturated carbocycles. The van der Waals surface area contributed by atoms with Crippen molar-refractivity contribution >= 4 is 11.8 Å². The largest absolute Gasteiger partial charge is 0.494 e. The molecular weight excluding hydrogens is 196 g/mol. The van der Waals surface area contributed by atoms with E-state index in [1.165, 1.54) is 0 Å². The van der Waals surface area contributed by atoms with Crippen molar-refractivity contribution in [3.63, 3.8) is 0 Å². The molecule has 0 N–H and O–H groups in total. The van der Waals surface area contributed by atoms with Crippen molar-refractivity contribution in [1.82, 2.24) is 0 Å². The van der Waals surface area contributed by atoms with Gasteiger partial charge < -0.3 is 9.47 Å². The fraction of sp³-hybridized carbons (Fsp3) is 0.636. The molecule has 2 aliphatic heterocycles. The van der Waals surface area contributed by atoms with E-state index in [1.807, 2.05) is 6.92 Å². The molecule has 0 aliphatic carbocycles. The normalized spacial score (nSPS) is 35.6. The Balaban J connectivity index is 2.26. The first-order valence-electron chi connectivity index (χ1n) is 5.28. The maximum Gasteiger partial charge on any atom is 0.346 e. The van der Waals surface area contributed by atoms with Crippen molar-refractivity contribution in [2.75, 3.05) is 0 Å². The van der Waals surface area contributed by atoms with Gasteiger partial charge in [0.25, 0.3) is 0 Å². The van der Waals surface area contributed by atoms with E-state index in [-0.39, 0.29) is 17.5 Å². The lowest BCUT2D eigenvalue weighted by molar-refractivity contribution is -0.140. The standard InChI is InChI=1S/C11H14O4/c1-3-7-4-5-8(15-7)9-10(12)6(2)14-11(9)13/h6-7H,3-5H2,1-2H3. The fourth-order valence-corrected chi connectivity index (χ4v) is 1.91. The number of ketones is 1. The summed E-state index contributed by atoms with van der Waals surface area (Å²) in [6.07, 6.45) is 1.94. The Morgan fingerprint density at radius 3 is 2.53 bits per heavy atom. The zero-order chi connectivity index (χ0) is 11.0. The molecule has 2 aliphatic rings. The molecule has 2 fully saturated rings. The van der Waals surface area contributed by atoms with Crippen LogP contribution in [0.4, 0.5) is 0 Å². The predicted molar refractivity (Wildman–Crippen MR) is 52.0 cm³/mol. The van der Waals surface area contributed by atoms with Crippen molar-refractivity contribution in [2.24, 2.45) is 0 Å². The Kier molecular flexibility index (Phi) is 2.50. The molecular formula is C11H14O4. The van der Waals surface area contributed by atoms with Gasteiger partial charge in [-0.15, -0.1) is 0 Å². The molecule has 15 heavy (non-hydrogen) atoms. The average molecular weight is 210 g/mol. The Labute approximate surface area is 88.2 Å². The monoisotopic (exact) mass is 210 g/mol. The summed E-state index contributed by atoms with van der Waals surface area (Å²) in [5.41, 5.74) is 0.137. The van der Waals surface area contributed by atoms with Gasteiger partial charge in [0.1, 0.15) is 11.3 Å². The molecule has 2 heterocycles. The summed E-state index contributed by atoms with van der Waals surface area (Å²) in [7, 11) is 0. The molecule has 0 amide bonds. The van der Waals surface area contributed by atoms with Crippen LogP contribution in [-0.2, 0) is 19.1 Å². The average Bonchev–Trinajstić information content (AvgIpc) is 2.74. The van der Waals surface area contributed by atoms with E-state index < -0.39 is 12.1 Å². The van der Waals surface area contributed by atoms with Crippen LogP contribution >= 0.6 is 0 Å². The van der Waals surface area contributed by atoms with Crippen molar-refractivity contribution in [1.29, 1.82) is 0 Å². The van der Waals surface area contributed by atoms with Crippen molar-refractivity contribution in [3.05, 3.63) is 11.3 Å². The van der Waals surface area contributed by atoms with E-state index in [4.69, 9.17) is 9.47 Å². The summed E-state index contributed by atoms with van der Waals surface area (Å²) in [5, 5.41) is 0. The van der Waals surface area contributed by atoms with Crippen LogP contribution in [0, 0.1) is 0 Å². The van der Waals surface area contributed by atoms with E-state index in [2.05, 4.69) is 0 Å². The molecule has 2 saturated heterocycles. The molecule has 0 aromatic carbocycles. The number of carbonyl (C=O) groups is 2. The molecule has 82 valence electrons. The van der Waals surface area contributed by atoms with E-state index >= 15 is 0 Å². The van der Waals surface area contributed by atoms with Gasteiger partial charge in [-0.05, 0) is 19.8 Å². The minimum absolute atomic E-state index is 0.137. The number of carbonyl (C=O) groups excluding carboxylic acids is 2. The Morgan fingerprint density at radius 1 is 1.33 bits per heavy atom. The number of cyclic esters (lactones) is 1. The highest BCUT2D eigenvalue weighted by Crippen LogP contribution is 2.31. The number of esters is 1. The lowest BCUT2D eigenvalue weighted by Gasteiger charge is -2.07. The first-order valence-corrected chi connectivity index (χ1v) is 5.28. The number of rotatable bonds is 1. The summed E-state index contributed by atoms with van der Waals surface area (Å²) in [5.74, 6) is -0.243. The van der Waals surface area contributed by atoms with Gasteiger partial charge >= 0.3 is 5.97 Å². The van der Waals surface area contributed by atoms with Crippen LogP contribution in [0.15, 0.2) is 11.3 Å². The second-order valence-electron chi connectivity index (χ2n) is 3.90. The zero-order valence-electron chi connectivity index (χ0n) is 8.91. The highest BCUT2D eigenvalue weighted by Gasteiger charge is 2.40. The summed E-state index contributed by atoms with van der Waals surface area (Å²) in [6.45, 7) is 3.61. The molecule has 2 unspecified atom stereocenters. The van der Waals surface area contributed by atoms with Gasteiger partial charge in [0.15, 0.2) is 6.10 Å². The minimum atomic E-state index is -0.649. The van der Waals surface area contributed by atoms with Crippen LogP contribution in [0.5, 0.6) is 0 Å². The molecule has 4 nitrogen and oxygen atoms in total. The molecule has 2 atom stereocenters. The maximum absolute atomic E-state index is 11.6. The summed E-state index contributed by atoms with van der Waals surface area (Å²) >= 11 is 0. The molecule has 4 heteroatoms. The molecule has 0 aromatic heterocycles. The minimum Gasteiger partial charge on any atom is -0.494 e. The Hall–Kier alpha value is -1.32. The van der Waals surface area contributed by atoms with Crippen molar-refractivity contribution in [3.8, 4) is 0 Å². The number of ether oxygens (including phenoxy) is 2. The SMILES string of the molecule is CCC1CCC(=C2C(=O)OC(C)C2=O)O1. The topological polar surface area (TPSA) is 52.6 Å². The second-order valence-corrected chi connectivity index (χ2v) is 3.90. The van der Waals surface area contributed by atoms with Gasteiger partial charge in [-0.25, -0.2) is 4.79 Å². The second kappa shape index (κ2) is 3.68. The summed E-state index contributed by atoms with van der Waals surface area (Å²) < 4.78 is 10.4. The molecule has 0 bridgehead atoms. The van der Waals surface area contributed by atoms with Gasteiger partial charge in [-0.2, -0.15) is 0 Å². The number of hydrogen-bond acceptors (Lipinski definition) is 4. The van der Waals surface area contributed by atoms with E-state index in [0.717, 1.165) is 12.8 Å². The van der Waals surface area contributed by atoms with E-state index in [9.17, 15) is 9.59 Å². The van der Waals surface area contributed by atoms with Crippen LogP contribution < -0.4 is 0 Å². The van der Waals surface area contributed by atoms with Crippen LogP contribution in [0.25, 0.3) is 0 Å². The smallest absolute Gasteiger partial charge is 0.346 e. The number of hydrogen-bond donors (Lipinski definition) is 0. The molecule has 0 radical (unpaired) electrons. The van der Waals surface area contributed by atoms with E-state index in [1.54, 1.807) is 6.92 Å². The van der Waals surface area contributed by atoms with Gasteiger partial charge in [0, 0.05) is 6.42 Å². The van der Waals surface area contributed by atoms with Crippen molar-refractivity contribution in [2.45, 2.75) is 45.3 Å². The van der Waals surface area contributed by atoms with Gasteiger partial charge in [0.2, 0.25) is 5.78 Å². The van der Waals surface area contributed by atoms with Crippen LogP contribution in [0.3, 0.4) is 0 Å². The first-order chi connectivity index (χ1) is 7.13. The summed E-state index contributed by atoms with van der Waals surface area (Å²) in [4.78, 5) is 23.0. The predicted octanol–water partition coefficient (Wildman–Crippen LogP) is 1.34. The lowest BCUT2D eigenvalue weighted by atomic mass is 10.1. The Morgan fingerprint density at radius 2 is 2.07 bits per heavy atom. The summed E-state index contributed by atoms with van der Waals surface area (Å²) in [6, 6.07) is 0. The van der Waals surface area contributed by atoms with Crippen LogP contribution in [0.2, 0.25) is 0 Å². The van der Waals surface area contributed by atoms with Gasteiger partial charge in [0.05, 0.1) is 6.10 Å². The third kappa shape index (κ3) is 1.64. The van der Waals surface area contributed by atoms with E-state index in [0.29, 0.717) is 12.2 Å². The number of allylic oxidation sites excluding steroid dienone is 1. The highest BCUT2D eigenvalue weighted by molar-refractivity contribution is 6.23. The van der Waals surface area contributed by atoms with Gasteiger partial charge in [-0.1, -0.05) is 6.92 Å². The van der Waals surface area contributed by atoms with Gasteiger partial charge in [-0.3, -0.25) is 4.79 Å². The van der Waals surface area contributed by atoms with Crippen LogP contribution in [0.1, 0.15) is 33.1 Å². The lowest BCUT2D eigenvalue weighted by Crippen LogP contribution is -2.12. The Bertz CT molecular complexity index is 342.